The number of fused-ring (bicyclic) bond motifs is 2. The quantitative estimate of drug-likeness (QED) is 0.725. The molecule has 5 nitrogen and oxygen atoms in total. The van der Waals surface area contributed by atoms with Crippen molar-refractivity contribution in [3.05, 3.63) is 60.2 Å². The number of ether oxygens (including phenoxy) is 1. The van der Waals surface area contributed by atoms with E-state index in [9.17, 15) is 18.0 Å². The Balaban J connectivity index is 1.28. The molecule has 0 radical (unpaired) electrons. The summed E-state index contributed by atoms with van der Waals surface area (Å²) in [6.07, 6.45) is -0.665. The molecule has 8 heteroatoms. The first-order chi connectivity index (χ1) is 14.4. The first-order valence-corrected chi connectivity index (χ1v) is 10.1. The Morgan fingerprint density at radius 3 is 2.23 bits per heavy atom. The summed E-state index contributed by atoms with van der Waals surface area (Å²) in [6.45, 7) is 0.932. The zero-order valence-electron chi connectivity index (χ0n) is 16.4. The fourth-order valence-electron chi connectivity index (χ4n) is 4.54. The van der Waals surface area contributed by atoms with Gasteiger partial charge in [0.2, 0.25) is 0 Å². The first kappa shape index (κ1) is 20.5. The average Bonchev–Trinajstić information content (AvgIpc) is 2.92. The van der Waals surface area contributed by atoms with Crippen molar-refractivity contribution < 1.29 is 22.7 Å². The highest BCUT2D eigenvalue weighted by molar-refractivity contribution is 5.89. The van der Waals surface area contributed by atoms with Crippen molar-refractivity contribution in [1.82, 2.24) is 10.2 Å². The maximum Gasteiger partial charge on any atom is 0.573 e. The Hall–Kier alpha value is -2.74. The number of rotatable bonds is 5. The second-order valence-corrected chi connectivity index (χ2v) is 7.88. The number of hydrogen-bond donors (Lipinski definition) is 2. The topological polar surface area (TPSA) is 53.6 Å². The van der Waals surface area contributed by atoms with Gasteiger partial charge in [-0.2, -0.15) is 0 Å². The minimum Gasteiger partial charge on any atom is -0.406 e. The standard InChI is InChI=1S/C22H24F3N3O2/c23-22(24,25)30-20-10-6-16(7-11-20)26-21(29)27-17-12-18-8-9-19(13-17)28(18)14-15-4-2-1-3-5-15/h1-7,10-11,17-19H,8-9,12-14H2,(H2,26,27,29). The number of urea groups is 1. The van der Waals surface area contributed by atoms with Gasteiger partial charge < -0.3 is 15.4 Å². The van der Waals surface area contributed by atoms with E-state index in [1.165, 1.54) is 29.8 Å². The van der Waals surface area contributed by atoms with E-state index in [2.05, 4.69) is 44.5 Å². The van der Waals surface area contributed by atoms with Crippen LogP contribution >= 0.6 is 0 Å². The summed E-state index contributed by atoms with van der Waals surface area (Å²) >= 11 is 0. The van der Waals surface area contributed by atoms with E-state index in [1.54, 1.807) is 0 Å². The van der Waals surface area contributed by atoms with E-state index in [0.29, 0.717) is 17.8 Å². The maximum absolute atomic E-state index is 12.4. The molecule has 0 saturated carbocycles. The van der Waals surface area contributed by atoms with Crippen LogP contribution in [0.2, 0.25) is 0 Å². The van der Waals surface area contributed by atoms with Gasteiger partial charge in [-0.1, -0.05) is 30.3 Å². The summed E-state index contributed by atoms with van der Waals surface area (Å²) in [5.74, 6) is -0.323. The van der Waals surface area contributed by atoms with Crippen molar-refractivity contribution in [2.75, 3.05) is 5.32 Å². The molecule has 30 heavy (non-hydrogen) atoms. The van der Waals surface area contributed by atoms with Gasteiger partial charge in [-0.3, -0.25) is 4.90 Å². The first-order valence-electron chi connectivity index (χ1n) is 10.1. The molecule has 2 unspecified atom stereocenters. The number of nitrogens with one attached hydrogen (secondary N) is 2. The highest BCUT2D eigenvalue weighted by atomic mass is 19.4. The number of benzene rings is 2. The van der Waals surface area contributed by atoms with Crippen molar-refractivity contribution in [3.63, 3.8) is 0 Å². The Kier molecular flexibility index (Phi) is 5.85. The van der Waals surface area contributed by atoms with Gasteiger partial charge in [-0.25, -0.2) is 4.79 Å². The Bertz CT molecular complexity index is 844. The smallest absolute Gasteiger partial charge is 0.406 e. The highest BCUT2D eigenvalue weighted by Crippen LogP contribution is 2.37. The lowest BCUT2D eigenvalue weighted by Crippen LogP contribution is -2.50. The van der Waals surface area contributed by atoms with E-state index in [1.807, 2.05) is 6.07 Å². The van der Waals surface area contributed by atoms with Gasteiger partial charge in [0.1, 0.15) is 5.75 Å². The summed E-state index contributed by atoms with van der Waals surface area (Å²) in [7, 11) is 0. The lowest BCUT2D eigenvalue weighted by Gasteiger charge is -2.39. The average molecular weight is 419 g/mol. The predicted molar refractivity (Wildman–Crippen MR) is 107 cm³/mol. The van der Waals surface area contributed by atoms with Crippen molar-refractivity contribution in [1.29, 1.82) is 0 Å². The molecule has 2 atom stereocenters. The minimum absolute atomic E-state index is 0.0855. The fraction of sp³-hybridized carbons (Fsp3) is 0.409. The molecule has 0 aromatic heterocycles. The third kappa shape index (κ3) is 5.24. The van der Waals surface area contributed by atoms with Crippen LogP contribution in [0, 0.1) is 0 Å². The number of carbonyl (C=O) groups is 1. The predicted octanol–water partition coefficient (Wildman–Crippen LogP) is 4.90. The van der Waals surface area contributed by atoms with E-state index in [0.717, 1.165) is 32.2 Å². The van der Waals surface area contributed by atoms with Crippen LogP contribution in [0.4, 0.5) is 23.7 Å². The van der Waals surface area contributed by atoms with Crippen molar-refractivity contribution in [3.8, 4) is 5.75 Å². The van der Waals surface area contributed by atoms with Gasteiger partial charge in [0.25, 0.3) is 0 Å². The van der Waals surface area contributed by atoms with Crippen molar-refractivity contribution >= 4 is 11.7 Å². The van der Waals surface area contributed by atoms with E-state index in [-0.39, 0.29) is 17.8 Å². The van der Waals surface area contributed by atoms with E-state index >= 15 is 0 Å². The monoisotopic (exact) mass is 419 g/mol. The molecule has 2 aromatic carbocycles. The third-order valence-electron chi connectivity index (χ3n) is 5.77. The number of anilines is 1. The lowest BCUT2D eigenvalue weighted by molar-refractivity contribution is -0.274. The van der Waals surface area contributed by atoms with Crippen LogP contribution in [-0.2, 0) is 6.54 Å². The van der Waals surface area contributed by atoms with Gasteiger partial charge in [-0.05, 0) is 55.5 Å². The highest BCUT2D eigenvalue weighted by Gasteiger charge is 2.40. The van der Waals surface area contributed by atoms with Crippen molar-refractivity contribution in [2.45, 2.75) is 56.7 Å². The van der Waals surface area contributed by atoms with Gasteiger partial charge in [-0.15, -0.1) is 13.2 Å². The Morgan fingerprint density at radius 2 is 1.63 bits per heavy atom. The molecule has 2 aliphatic rings. The number of alkyl halides is 3. The number of nitrogens with zero attached hydrogens (tertiary/aromatic N) is 1. The number of piperidine rings is 1. The van der Waals surface area contributed by atoms with Gasteiger partial charge in [0.15, 0.2) is 0 Å². The summed E-state index contributed by atoms with van der Waals surface area (Å²) in [5.41, 5.74) is 1.71. The van der Waals surface area contributed by atoms with Crippen LogP contribution in [0.1, 0.15) is 31.2 Å². The number of amides is 2. The van der Waals surface area contributed by atoms with Crippen LogP contribution in [0.15, 0.2) is 54.6 Å². The van der Waals surface area contributed by atoms with E-state index in [4.69, 9.17) is 0 Å². The molecule has 160 valence electrons. The van der Waals surface area contributed by atoms with Gasteiger partial charge in [0.05, 0.1) is 0 Å². The zero-order valence-corrected chi connectivity index (χ0v) is 16.4. The molecule has 2 aliphatic heterocycles. The second kappa shape index (κ2) is 8.55. The van der Waals surface area contributed by atoms with Crippen LogP contribution in [-0.4, -0.2) is 35.4 Å². The van der Waals surface area contributed by atoms with Crippen LogP contribution in [0.25, 0.3) is 0 Å². The number of halogens is 3. The van der Waals surface area contributed by atoms with Gasteiger partial charge >= 0.3 is 12.4 Å². The molecular weight excluding hydrogens is 395 g/mol. The molecule has 0 spiro atoms. The fourth-order valence-corrected chi connectivity index (χ4v) is 4.54. The minimum atomic E-state index is -4.74. The Morgan fingerprint density at radius 1 is 1.00 bits per heavy atom. The molecule has 4 rings (SSSR count). The van der Waals surface area contributed by atoms with Crippen molar-refractivity contribution in [2.24, 2.45) is 0 Å². The summed E-state index contributed by atoms with van der Waals surface area (Å²) in [6, 6.07) is 16.2. The van der Waals surface area contributed by atoms with Crippen LogP contribution < -0.4 is 15.4 Å². The largest absolute Gasteiger partial charge is 0.573 e. The number of hydrogen-bond acceptors (Lipinski definition) is 3. The van der Waals surface area contributed by atoms with Crippen LogP contribution in [0.5, 0.6) is 5.75 Å². The maximum atomic E-state index is 12.4. The number of carbonyl (C=O) groups excluding carboxylic acids is 1. The molecular formula is C22H24F3N3O2. The zero-order chi connectivity index (χ0) is 21.1. The molecule has 2 aromatic rings. The Labute approximate surface area is 173 Å². The molecule has 2 heterocycles. The normalized spacial score (nSPS) is 23.8. The second-order valence-electron chi connectivity index (χ2n) is 7.88. The lowest BCUT2D eigenvalue weighted by atomic mass is 9.96. The molecule has 2 bridgehead atoms. The SMILES string of the molecule is O=C(Nc1ccc(OC(F)(F)F)cc1)NC1CC2CCC(C1)N2Cc1ccccc1. The molecule has 0 aliphatic carbocycles. The molecule has 2 fully saturated rings. The summed E-state index contributed by atoms with van der Waals surface area (Å²) in [5, 5.41) is 5.70. The third-order valence-corrected chi connectivity index (χ3v) is 5.77. The van der Waals surface area contributed by atoms with E-state index < -0.39 is 6.36 Å². The molecule has 2 saturated heterocycles. The molecule has 2 N–H and O–H groups in total. The van der Waals surface area contributed by atoms with Crippen LogP contribution in [0.3, 0.4) is 0 Å². The summed E-state index contributed by atoms with van der Waals surface area (Å²) < 4.78 is 40.5. The molecule has 2 amide bonds. The summed E-state index contributed by atoms with van der Waals surface area (Å²) in [4.78, 5) is 14.9. The van der Waals surface area contributed by atoms with Gasteiger partial charge in [0, 0.05) is 30.4 Å².